The monoisotopic (exact) mass is 299 g/mol. The van der Waals surface area contributed by atoms with Crippen molar-refractivity contribution >= 4 is 22.6 Å². The van der Waals surface area contributed by atoms with Crippen LogP contribution in [0.15, 0.2) is 0 Å². The summed E-state index contributed by atoms with van der Waals surface area (Å²) in [5.74, 6) is 0.614. The van der Waals surface area contributed by atoms with E-state index in [0.29, 0.717) is 19.0 Å². The topological polar surface area (TPSA) is 61.4 Å². The van der Waals surface area contributed by atoms with E-state index in [-0.39, 0.29) is 12.4 Å². The van der Waals surface area contributed by atoms with Crippen molar-refractivity contribution < 1.29 is 8.42 Å². The predicted octanol–water partition coefficient (Wildman–Crippen LogP) is 0.974. The van der Waals surface area contributed by atoms with Crippen molar-refractivity contribution in [2.45, 2.75) is 32.6 Å². The van der Waals surface area contributed by atoms with Gasteiger partial charge in [0.15, 0.2) is 0 Å². The van der Waals surface area contributed by atoms with Crippen molar-refractivity contribution in [3.63, 3.8) is 0 Å². The highest BCUT2D eigenvalue weighted by atomic mass is 35.5. The van der Waals surface area contributed by atoms with Gasteiger partial charge in [0.1, 0.15) is 0 Å². The summed E-state index contributed by atoms with van der Waals surface area (Å²) in [4.78, 5) is 0. The van der Waals surface area contributed by atoms with Crippen LogP contribution in [-0.4, -0.2) is 45.9 Å². The van der Waals surface area contributed by atoms with Crippen LogP contribution in [-0.2, 0) is 10.2 Å². The fourth-order valence-electron chi connectivity index (χ4n) is 2.11. The summed E-state index contributed by atoms with van der Waals surface area (Å²) in [6, 6.07) is 0. The molecule has 1 aliphatic heterocycles. The van der Waals surface area contributed by atoms with Crippen molar-refractivity contribution in [1.29, 1.82) is 0 Å². The standard InChI is InChI=1S/C11H25N3O2S.ClH/c1-3-9-14(2)17(15,16)13-8-6-11-5-4-7-12-10-11;/h11-13H,3-10H2,1-2H3;1H. The summed E-state index contributed by atoms with van der Waals surface area (Å²) >= 11 is 0. The third kappa shape index (κ3) is 6.33. The molecule has 1 fully saturated rings. The van der Waals surface area contributed by atoms with Gasteiger partial charge >= 0.3 is 0 Å². The Labute approximate surface area is 117 Å². The number of hydrogen-bond donors (Lipinski definition) is 2. The van der Waals surface area contributed by atoms with Gasteiger partial charge in [-0.3, -0.25) is 0 Å². The Kier molecular flexibility index (Phi) is 9.15. The first kappa shape index (κ1) is 18.1. The zero-order chi connectivity index (χ0) is 12.7. The van der Waals surface area contributed by atoms with Crippen LogP contribution in [0.25, 0.3) is 0 Å². The first-order chi connectivity index (χ1) is 8.06. The zero-order valence-electron chi connectivity index (χ0n) is 11.3. The number of hydrogen-bond acceptors (Lipinski definition) is 3. The lowest BCUT2D eigenvalue weighted by atomic mass is 9.96. The lowest BCUT2D eigenvalue weighted by molar-refractivity contribution is 0.356. The van der Waals surface area contributed by atoms with E-state index in [1.165, 1.54) is 17.1 Å². The molecule has 1 rings (SSSR count). The van der Waals surface area contributed by atoms with E-state index in [4.69, 9.17) is 0 Å². The second-order valence-electron chi connectivity index (χ2n) is 4.72. The minimum atomic E-state index is -3.26. The minimum absolute atomic E-state index is 0. The average Bonchev–Trinajstić information content (AvgIpc) is 2.30. The molecule has 0 saturated carbocycles. The highest BCUT2D eigenvalue weighted by molar-refractivity contribution is 7.87. The molecule has 0 bridgehead atoms. The van der Waals surface area contributed by atoms with Gasteiger partial charge in [0.05, 0.1) is 0 Å². The normalized spacial score (nSPS) is 20.7. The molecule has 5 nitrogen and oxygen atoms in total. The summed E-state index contributed by atoms with van der Waals surface area (Å²) in [6.07, 6.45) is 4.17. The molecule has 1 aliphatic rings. The molecule has 1 saturated heterocycles. The van der Waals surface area contributed by atoms with Gasteiger partial charge in [0.2, 0.25) is 0 Å². The molecule has 7 heteroatoms. The predicted molar refractivity (Wildman–Crippen MR) is 77.3 cm³/mol. The van der Waals surface area contributed by atoms with Crippen LogP contribution >= 0.6 is 12.4 Å². The molecule has 110 valence electrons. The quantitative estimate of drug-likeness (QED) is 0.736. The van der Waals surface area contributed by atoms with Crippen LogP contribution in [0.3, 0.4) is 0 Å². The van der Waals surface area contributed by atoms with Crippen LogP contribution in [0.1, 0.15) is 32.6 Å². The van der Waals surface area contributed by atoms with Gasteiger partial charge in [0, 0.05) is 20.1 Å². The Bertz CT molecular complexity index is 305. The Morgan fingerprint density at radius 3 is 2.72 bits per heavy atom. The number of nitrogens with one attached hydrogen (secondary N) is 2. The second-order valence-corrected chi connectivity index (χ2v) is 6.58. The van der Waals surface area contributed by atoms with Gasteiger partial charge in [-0.25, -0.2) is 4.72 Å². The maximum Gasteiger partial charge on any atom is 0.279 e. The molecule has 0 aromatic rings. The van der Waals surface area contributed by atoms with Gasteiger partial charge in [0.25, 0.3) is 10.2 Å². The van der Waals surface area contributed by atoms with Gasteiger partial charge in [-0.05, 0) is 44.7 Å². The molecule has 0 radical (unpaired) electrons. The molecule has 0 aromatic heterocycles. The maximum absolute atomic E-state index is 11.8. The summed E-state index contributed by atoms with van der Waals surface area (Å²) < 4.78 is 27.6. The van der Waals surface area contributed by atoms with E-state index >= 15 is 0 Å². The molecule has 2 N–H and O–H groups in total. The van der Waals surface area contributed by atoms with E-state index in [2.05, 4.69) is 10.0 Å². The molecule has 1 unspecified atom stereocenters. The summed E-state index contributed by atoms with van der Waals surface area (Å²) in [5.41, 5.74) is 0. The van der Waals surface area contributed by atoms with Crippen LogP contribution in [0.5, 0.6) is 0 Å². The third-order valence-corrected chi connectivity index (χ3v) is 4.76. The Balaban J connectivity index is 0.00000289. The smallest absolute Gasteiger partial charge is 0.279 e. The molecule has 1 atom stereocenters. The fraction of sp³-hybridized carbons (Fsp3) is 1.00. The molecule has 18 heavy (non-hydrogen) atoms. The van der Waals surface area contributed by atoms with Crippen molar-refractivity contribution in [2.75, 3.05) is 33.2 Å². The van der Waals surface area contributed by atoms with E-state index in [1.807, 2.05) is 6.92 Å². The number of nitrogens with zero attached hydrogens (tertiary/aromatic N) is 1. The second kappa shape index (κ2) is 9.09. The summed E-state index contributed by atoms with van der Waals surface area (Å²) in [7, 11) is -1.64. The average molecular weight is 300 g/mol. The van der Waals surface area contributed by atoms with Crippen molar-refractivity contribution in [1.82, 2.24) is 14.3 Å². The largest absolute Gasteiger partial charge is 0.316 e. The van der Waals surface area contributed by atoms with Crippen LogP contribution in [0.4, 0.5) is 0 Å². The summed E-state index contributed by atoms with van der Waals surface area (Å²) in [5, 5.41) is 3.34. The molecular formula is C11H26ClN3O2S. The van der Waals surface area contributed by atoms with Crippen molar-refractivity contribution in [2.24, 2.45) is 5.92 Å². The van der Waals surface area contributed by atoms with Crippen molar-refractivity contribution in [3.8, 4) is 0 Å². The van der Waals surface area contributed by atoms with Crippen LogP contribution in [0, 0.1) is 5.92 Å². The molecule has 0 spiro atoms. The molecule has 0 aliphatic carbocycles. The number of rotatable bonds is 7. The van der Waals surface area contributed by atoms with Crippen molar-refractivity contribution in [3.05, 3.63) is 0 Å². The Morgan fingerprint density at radius 1 is 1.44 bits per heavy atom. The molecule has 0 amide bonds. The van der Waals surface area contributed by atoms with Gasteiger partial charge in [-0.1, -0.05) is 6.92 Å². The highest BCUT2D eigenvalue weighted by Gasteiger charge is 2.17. The Hall–Kier alpha value is 0.120. The summed E-state index contributed by atoms with van der Waals surface area (Å²) in [6.45, 7) is 5.21. The zero-order valence-corrected chi connectivity index (χ0v) is 12.9. The molecule has 0 aromatic carbocycles. The molecule has 1 heterocycles. The van der Waals surface area contributed by atoms with E-state index < -0.39 is 10.2 Å². The molecular weight excluding hydrogens is 274 g/mol. The van der Waals surface area contributed by atoms with Gasteiger partial charge < -0.3 is 5.32 Å². The third-order valence-electron chi connectivity index (χ3n) is 3.18. The van der Waals surface area contributed by atoms with E-state index in [1.54, 1.807) is 7.05 Å². The van der Waals surface area contributed by atoms with E-state index in [9.17, 15) is 8.42 Å². The van der Waals surface area contributed by atoms with Crippen LogP contribution in [0.2, 0.25) is 0 Å². The van der Waals surface area contributed by atoms with Gasteiger partial charge in [-0.2, -0.15) is 12.7 Å². The maximum atomic E-state index is 11.8. The van der Waals surface area contributed by atoms with E-state index in [0.717, 1.165) is 25.9 Å². The first-order valence-electron chi connectivity index (χ1n) is 6.48. The number of halogens is 1. The fourth-order valence-corrected chi connectivity index (χ4v) is 3.13. The SMILES string of the molecule is CCCN(C)S(=O)(=O)NCCC1CCCNC1.Cl. The Morgan fingerprint density at radius 2 is 2.17 bits per heavy atom. The van der Waals surface area contributed by atoms with Gasteiger partial charge in [-0.15, -0.1) is 12.4 Å². The first-order valence-corrected chi connectivity index (χ1v) is 7.92. The lowest BCUT2D eigenvalue weighted by Gasteiger charge is -2.23. The minimum Gasteiger partial charge on any atom is -0.316 e. The number of piperidine rings is 1. The lowest BCUT2D eigenvalue weighted by Crippen LogP contribution is -2.40. The van der Waals surface area contributed by atoms with Crippen LogP contribution < -0.4 is 10.0 Å². The highest BCUT2D eigenvalue weighted by Crippen LogP contribution is 2.13.